The fourth-order valence-electron chi connectivity index (χ4n) is 8.61. The summed E-state index contributed by atoms with van der Waals surface area (Å²) in [6, 6.07) is 14.6. The van der Waals surface area contributed by atoms with E-state index in [1.807, 2.05) is 76.6 Å². The van der Waals surface area contributed by atoms with E-state index in [1.165, 1.54) is 0 Å². The summed E-state index contributed by atoms with van der Waals surface area (Å²) in [5.41, 5.74) is 0. The summed E-state index contributed by atoms with van der Waals surface area (Å²) in [6.45, 7) is 49.7. The van der Waals surface area contributed by atoms with Crippen LogP contribution in [-0.2, 0) is 45.3 Å². The van der Waals surface area contributed by atoms with Crippen LogP contribution in [0.5, 0.6) is 11.5 Å². The zero-order chi connectivity index (χ0) is 47.7. The Labute approximate surface area is 382 Å². The second-order valence-electron chi connectivity index (χ2n) is 21.2. The Kier molecular flexibility index (Phi) is 18.6. The van der Waals surface area contributed by atoms with Gasteiger partial charge in [-0.3, -0.25) is 0 Å². The first-order valence-corrected chi connectivity index (χ1v) is 55.1. The lowest BCUT2D eigenvalue weighted by Crippen LogP contribution is -2.63. The van der Waals surface area contributed by atoms with E-state index in [2.05, 4.69) is 105 Å². The molecular weight excluding hydrogens is 977 g/mol. The van der Waals surface area contributed by atoms with Gasteiger partial charge in [0.2, 0.25) is 16.6 Å². The van der Waals surface area contributed by atoms with Crippen LogP contribution < -0.4 is 10.4 Å². The van der Waals surface area contributed by atoms with E-state index >= 15 is 0 Å². The molecule has 0 aliphatic rings. The van der Waals surface area contributed by atoms with Crippen LogP contribution in [0.25, 0.3) is 0 Å². The minimum absolute atomic E-state index is 0.237. The normalized spacial score (nSPS) is 15.1. The molecule has 0 saturated carbocycles. The molecule has 0 bridgehead atoms. The van der Waals surface area contributed by atoms with E-state index in [-0.39, 0.29) is 11.5 Å². The lowest BCUT2D eigenvalue weighted by Gasteiger charge is -2.45. The van der Waals surface area contributed by atoms with Gasteiger partial charge in [-0.2, -0.15) is 0 Å². The molecule has 0 spiro atoms. The van der Waals surface area contributed by atoms with Crippen molar-refractivity contribution in [2.24, 2.45) is 0 Å². The van der Waals surface area contributed by atoms with Gasteiger partial charge in [-0.1, -0.05) is 24.3 Å². The molecule has 0 aromatic heterocycles. The Bertz CT molecular complexity index is 1610. The highest BCUT2D eigenvalue weighted by atomic mass is 28.5. The molecule has 0 amide bonds. The van der Waals surface area contributed by atoms with Crippen molar-refractivity contribution in [2.75, 3.05) is 0 Å². The number of phenolic OH excluding ortho intramolecular Hbond substituents is 2. The topological polar surface area (TPSA) is 142 Å². The van der Waals surface area contributed by atoms with Gasteiger partial charge in [-0.05, 0) is 192 Å². The molecule has 0 fully saturated rings. The third-order valence-electron chi connectivity index (χ3n) is 8.55. The van der Waals surface area contributed by atoms with E-state index in [1.54, 1.807) is 24.3 Å². The number of rotatable bonds is 24. The van der Waals surface area contributed by atoms with Crippen molar-refractivity contribution in [3.8, 4) is 11.5 Å². The monoisotopic (exact) mass is 1060 g/mol. The third kappa shape index (κ3) is 21.1. The SMILES string of the molecule is C[Si](C)(O[Si](C)(C)O[Si](C)(C)O[Si](C)(C)O[Si](C)(C)O[Si](C)(C)O[Si](C)(C)c1ccc(O)cc1)O[Si](C)(C)O[Si](C)(C)O[Si](C)(C)O[Si](C)(C)O[Si](C)(C)c1ccc(O)cc1. The molecule has 2 N–H and O–H groups in total. The standard InChI is InChI=1S/C36H82O13Si12/c1-50(2,35-29-25-33(37)26-30-35)39-52(5,6)41-54(9,10)43-56(13,14)45-58(17,18)47-60(21,22)49-61(23,24)48-59(19,20)46-57(15,16)44-55(11,12)42-53(7,8)40-51(3,4)36-31-27-34(38)28-32-36/h25-32,37-38H,1-24H3. The van der Waals surface area contributed by atoms with Gasteiger partial charge in [0, 0.05) is 0 Å². The van der Waals surface area contributed by atoms with E-state index in [0.717, 1.165) is 10.4 Å². The van der Waals surface area contributed by atoms with Crippen LogP contribution >= 0.6 is 0 Å². The van der Waals surface area contributed by atoms with Crippen molar-refractivity contribution in [2.45, 2.75) is 157 Å². The Morgan fingerprint density at radius 1 is 0.230 bits per heavy atom. The first-order valence-electron chi connectivity index (χ1n) is 21.1. The molecule has 2 aromatic rings. The van der Waals surface area contributed by atoms with Crippen LogP contribution in [-0.4, -0.2) is 112 Å². The maximum absolute atomic E-state index is 9.79. The summed E-state index contributed by atoms with van der Waals surface area (Å²) in [4.78, 5) is 0. The minimum atomic E-state index is -2.79. The summed E-state index contributed by atoms with van der Waals surface area (Å²) in [6.07, 6.45) is 0. The second-order valence-corrected chi connectivity index (χ2v) is 65.4. The van der Waals surface area contributed by atoms with Crippen LogP contribution in [0.3, 0.4) is 0 Å². The van der Waals surface area contributed by atoms with Crippen LogP contribution in [0.4, 0.5) is 0 Å². The highest BCUT2D eigenvalue weighted by Crippen LogP contribution is 2.32. The Morgan fingerprint density at radius 3 is 0.508 bits per heavy atom. The Morgan fingerprint density at radius 2 is 0.361 bits per heavy atom. The predicted octanol–water partition coefficient (Wildman–Crippen LogP) is 9.82. The average molecular weight is 1060 g/mol. The van der Waals surface area contributed by atoms with Crippen LogP contribution in [0.2, 0.25) is 157 Å². The molecule has 0 atom stereocenters. The molecule has 25 heteroatoms. The van der Waals surface area contributed by atoms with Gasteiger partial charge in [0.05, 0.1) is 0 Å². The number of aromatic hydroxyl groups is 2. The maximum Gasteiger partial charge on any atom is 0.314 e. The highest BCUT2D eigenvalue weighted by Gasteiger charge is 2.51. The molecular formula is C36H82O13Si12. The van der Waals surface area contributed by atoms with Gasteiger partial charge >= 0.3 is 85.6 Å². The molecule has 0 radical (unpaired) electrons. The largest absolute Gasteiger partial charge is 0.508 e. The molecule has 2 aromatic carbocycles. The number of benzene rings is 2. The van der Waals surface area contributed by atoms with Gasteiger partial charge in [-0.15, -0.1) is 0 Å². The number of hydrogen-bond acceptors (Lipinski definition) is 13. The van der Waals surface area contributed by atoms with Crippen molar-refractivity contribution in [3.05, 3.63) is 48.5 Å². The second kappa shape index (κ2) is 19.8. The summed E-state index contributed by atoms with van der Waals surface area (Å²) >= 11 is 0. The first-order chi connectivity index (χ1) is 26.8. The average Bonchev–Trinajstić information content (AvgIpc) is 2.90. The molecule has 2 rings (SSSR count). The molecule has 0 aliphatic carbocycles. The van der Waals surface area contributed by atoms with Crippen molar-refractivity contribution in [1.29, 1.82) is 0 Å². The van der Waals surface area contributed by atoms with Crippen molar-refractivity contribution >= 4 is 113 Å². The zero-order valence-electron chi connectivity index (χ0n) is 42.0. The number of hydrogen-bond donors (Lipinski definition) is 2. The van der Waals surface area contributed by atoms with E-state index in [4.69, 9.17) is 45.3 Å². The quantitative estimate of drug-likeness (QED) is 0.0965. The van der Waals surface area contributed by atoms with Crippen LogP contribution in [0, 0.1) is 0 Å². The molecule has 352 valence electrons. The van der Waals surface area contributed by atoms with Crippen molar-refractivity contribution in [3.63, 3.8) is 0 Å². The van der Waals surface area contributed by atoms with E-state index in [9.17, 15) is 10.2 Å². The van der Waals surface area contributed by atoms with E-state index < -0.39 is 102 Å². The van der Waals surface area contributed by atoms with Crippen LogP contribution in [0.1, 0.15) is 0 Å². The van der Waals surface area contributed by atoms with Gasteiger partial charge < -0.3 is 55.5 Å². The predicted molar refractivity (Wildman–Crippen MR) is 277 cm³/mol. The molecule has 0 unspecified atom stereocenters. The van der Waals surface area contributed by atoms with Gasteiger partial charge in [0.15, 0.2) is 0 Å². The zero-order valence-corrected chi connectivity index (χ0v) is 54.0. The molecule has 61 heavy (non-hydrogen) atoms. The van der Waals surface area contributed by atoms with Crippen LogP contribution in [0.15, 0.2) is 48.5 Å². The lowest BCUT2D eigenvalue weighted by molar-refractivity contribution is 0.253. The smallest absolute Gasteiger partial charge is 0.314 e. The highest BCUT2D eigenvalue weighted by molar-refractivity contribution is 6.96. The fraction of sp³-hybridized carbons (Fsp3) is 0.667. The molecule has 0 saturated heterocycles. The van der Waals surface area contributed by atoms with E-state index in [0.29, 0.717) is 0 Å². The van der Waals surface area contributed by atoms with Gasteiger partial charge in [0.1, 0.15) is 11.5 Å². The van der Waals surface area contributed by atoms with Crippen molar-refractivity contribution in [1.82, 2.24) is 0 Å². The Hall–Kier alpha value is 0.203. The minimum Gasteiger partial charge on any atom is -0.508 e. The van der Waals surface area contributed by atoms with Gasteiger partial charge in [0.25, 0.3) is 0 Å². The fourth-order valence-corrected chi connectivity index (χ4v) is 69.4. The summed E-state index contributed by atoms with van der Waals surface area (Å²) in [5, 5.41) is 21.8. The third-order valence-corrected chi connectivity index (χ3v) is 55.4. The lowest BCUT2D eigenvalue weighted by atomic mass is 10.3. The summed E-state index contributed by atoms with van der Waals surface area (Å²) < 4.78 is 75.0. The maximum atomic E-state index is 9.79. The number of phenols is 2. The van der Waals surface area contributed by atoms with Crippen molar-refractivity contribution < 1.29 is 55.5 Å². The first kappa shape index (κ1) is 57.3. The molecule has 13 nitrogen and oxygen atoms in total. The Balaban J connectivity index is 2.05. The summed E-state index contributed by atoms with van der Waals surface area (Å²) in [5.74, 6) is 0.474. The van der Waals surface area contributed by atoms with Gasteiger partial charge in [-0.25, -0.2) is 0 Å². The summed E-state index contributed by atoms with van der Waals surface area (Å²) in [7, 11) is -32.0. The molecule has 0 heterocycles. The molecule has 0 aliphatic heterocycles.